The molecule has 1 aliphatic carbocycles. The normalized spacial score (nSPS) is 13.4. The number of allylic oxidation sites excluding steroid dienone is 1. The van der Waals surface area contributed by atoms with E-state index in [0.29, 0.717) is 0 Å². The maximum Gasteiger partial charge on any atom is 0.0346 e. The number of hydrogen-bond acceptors (Lipinski definition) is 1. The van der Waals surface area contributed by atoms with E-state index in [-0.39, 0.29) is 0 Å². The number of nitrogens with zero attached hydrogens (tertiary/aromatic N) is 1. The lowest BCUT2D eigenvalue weighted by Crippen LogP contribution is -1.87. The fourth-order valence-electron chi connectivity index (χ4n) is 2.44. The van der Waals surface area contributed by atoms with Gasteiger partial charge in [0.05, 0.1) is 0 Å². The van der Waals surface area contributed by atoms with Crippen molar-refractivity contribution in [3.63, 3.8) is 0 Å². The molecule has 1 aliphatic rings. The molecular weight excluding hydrogens is 206 g/mol. The van der Waals surface area contributed by atoms with E-state index in [2.05, 4.69) is 42.2 Å². The van der Waals surface area contributed by atoms with Gasteiger partial charge in [-0.3, -0.25) is 4.98 Å². The zero-order valence-electron chi connectivity index (χ0n) is 9.98. The summed E-state index contributed by atoms with van der Waals surface area (Å²) in [5.74, 6) is 0. The number of hydrogen-bond donors (Lipinski definition) is 0. The van der Waals surface area contributed by atoms with Crippen molar-refractivity contribution >= 4 is 6.08 Å². The fourth-order valence-corrected chi connectivity index (χ4v) is 2.44. The molecule has 0 fully saturated rings. The van der Waals surface area contributed by atoms with E-state index < -0.39 is 0 Å². The van der Waals surface area contributed by atoms with Crippen molar-refractivity contribution in [1.82, 2.24) is 4.98 Å². The predicted molar refractivity (Wildman–Crippen MR) is 71.6 cm³/mol. The van der Waals surface area contributed by atoms with Crippen molar-refractivity contribution in [1.29, 1.82) is 0 Å². The molecule has 0 atom stereocenters. The fraction of sp³-hybridized carbons (Fsp3) is 0.188. The standard InChI is InChI=1S/C16H15N/c1-2-12-9-13-5-3-7-15(16(13)10-12)14-6-4-8-17-11-14/h3-8,10-11H,2,9H2,1H3. The Kier molecular flexibility index (Phi) is 2.52. The lowest BCUT2D eigenvalue weighted by Gasteiger charge is -2.06. The van der Waals surface area contributed by atoms with Crippen LogP contribution in [-0.2, 0) is 6.42 Å². The third-order valence-electron chi connectivity index (χ3n) is 3.39. The Balaban J connectivity index is 2.15. The van der Waals surface area contributed by atoms with Crippen molar-refractivity contribution < 1.29 is 0 Å². The Bertz CT molecular complexity index is 567. The van der Waals surface area contributed by atoms with Crippen LogP contribution in [0.3, 0.4) is 0 Å². The third-order valence-corrected chi connectivity index (χ3v) is 3.39. The van der Waals surface area contributed by atoms with Crippen LogP contribution >= 0.6 is 0 Å². The van der Waals surface area contributed by atoms with Crippen LogP contribution < -0.4 is 0 Å². The molecule has 1 aromatic carbocycles. The number of fused-ring (bicyclic) bond motifs is 1. The van der Waals surface area contributed by atoms with Gasteiger partial charge >= 0.3 is 0 Å². The highest BCUT2D eigenvalue weighted by Crippen LogP contribution is 2.34. The maximum absolute atomic E-state index is 4.21. The van der Waals surface area contributed by atoms with Gasteiger partial charge in [-0.1, -0.05) is 42.8 Å². The van der Waals surface area contributed by atoms with Crippen LogP contribution in [0.15, 0.2) is 48.3 Å². The van der Waals surface area contributed by atoms with E-state index in [9.17, 15) is 0 Å². The highest BCUT2D eigenvalue weighted by atomic mass is 14.6. The van der Waals surface area contributed by atoms with E-state index in [1.165, 1.54) is 27.8 Å². The van der Waals surface area contributed by atoms with E-state index >= 15 is 0 Å². The minimum atomic E-state index is 1.11. The van der Waals surface area contributed by atoms with Gasteiger partial charge in [0.2, 0.25) is 0 Å². The van der Waals surface area contributed by atoms with Crippen LogP contribution in [0.5, 0.6) is 0 Å². The van der Waals surface area contributed by atoms with Crippen molar-refractivity contribution in [2.24, 2.45) is 0 Å². The molecule has 1 nitrogen and oxygen atoms in total. The van der Waals surface area contributed by atoms with Gasteiger partial charge in [-0.15, -0.1) is 0 Å². The van der Waals surface area contributed by atoms with Gasteiger partial charge in [0.1, 0.15) is 0 Å². The van der Waals surface area contributed by atoms with E-state index in [0.717, 1.165) is 12.8 Å². The van der Waals surface area contributed by atoms with Crippen LogP contribution in [0.2, 0.25) is 0 Å². The molecule has 0 saturated heterocycles. The van der Waals surface area contributed by atoms with Crippen LogP contribution in [0.25, 0.3) is 17.2 Å². The molecule has 3 rings (SSSR count). The molecule has 0 bridgehead atoms. The summed E-state index contributed by atoms with van der Waals surface area (Å²) in [5.41, 5.74) is 6.87. The Labute approximate surface area is 102 Å². The second-order valence-electron chi connectivity index (χ2n) is 4.45. The summed E-state index contributed by atoms with van der Waals surface area (Å²) in [5, 5.41) is 0. The van der Waals surface area contributed by atoms with Crippen molar-refractivity contribution in [3.05, 3.63) is 59.4 Å². The predicted octanol–water partition coefficient (Wildman–Crippen LogP) is 4.10. The molecule has 0 saturated carbocycles. The van der Waals surface area contributed by atoms with Gasteiger partial charge in [-0.2, -0.15) is 0 Å². The first kappa shape index (κ1) is 10.3. The maximum atomic E-state index is 4.21. The van der Waals surface area contributed by atoms with Crippen LogP contribution in [-0.4, -0.2) is 4.98 Å². The van der Waals surface area contributed by atoms with Crippen LogP contribution in [0.4, 0.5) is 0 Å². The largest absolute Gasteiger partial charge is 0.264 e. The summed E-state index contributed by atoms with van der Waals surface area (Å²) in [6.45, 7) is 2.22. The van der Waals surface area contributed by atoms with Gasteiger partial charge in [0.25, 0.3) is 0 Å². The first-order chi connectivity index (χ1) is 8.38. The lowest BCUT2D eigenvalue weighted by molar-refractivity contribution is 1.04. The minimum absolute atomic E-state index is 1.11. The highest BCUT2D eigenvalue weighted by molar-refractivity contribution is 5.80. The second kappa shape index (κ2) is 4.17. The molecule has 1 heteroatoms. The number of pyridine rings is 1. The van der Waals surface area contributed by atoms with E-state index in [1.54, 1.807) is 0 Å². The molecule has 1 heterocycles. The molecule has 0 spiro atoms. The number of aromatic nitrogens is 1. The Morgan fingerprint density at radius 3 is 2.88 bits per heavy atom. The monoisotopic (exact) mass is 221 g/mol. The summed E-state index contributed by atoms with van der Waals surface area (Å²) >= 11 is 0. The molecule has 84 valence electrons. The van der Waals surface area contributed by atoms with Crippen molar-refractivity contribution in [2.45, 2.75) is 19.8 Å². The smallest absolute Gasteiger partial charge is 0.0346 e. The van der Waals surface area contributed by atoms with Gasteiger partial charge in [-0.25, -0.2) is 0 Å². The molecule has 0 N–H and O–H groups in total. The Morgan fingerprint density at radius 2 is 2.12 bits per heavy atom. The van der Waals surface area contributed by atoms with Crippen molar-refractivity contribution in [2.75, 3.05) is 0 Å². The molecule has 0 unspecified atom stereocenters. The quantitative estimate of drug-likeness (QED) is 0.744. The third kappa shape index (κ3) is 1.78. The first-order valence-corrected chi connectivity index (χ1v) is 6.10. The first-order valence-electron chi connectivity index (χ1n) is 6.10. The lowest BCUT2D eigenvalue weighted by atomic mass is 9.98. The summed E-state index contributed by atoms with van der Waals surface area (Å²) in [6, 6.07) is 10.7. The second-order valence-corrected chi connectivity index (χ2v) is 4.45. The Morgan fingerprint density at radius 1 is 1.18 bits per heavy atom. The summed E-state index contributed by atoms with van der Waals surface area (Å²) in [7, 11) is 0. The molecule has 17 heavy (non-hydrogen) atoms. The molecule has 0 amide bonds. The van der Waals surface area contributed by atoms with Crippen LogP contribution in [0.1, 0.15) is 24.5 Å². The number of benzene rings is 1. The highest BCUT2D eigenvalue weighted by Gasteiger charge is 2.15. The van der Waals surface area contributed by atoms with Crippen LogP contribution in [0, 0.1) is 0 Å². The van der Waals surface area contributed by atoms with Gasteiger partial charge < -0.3 is 0 Å². The van der Waals surface area contributed by atoms with Crippen molar-refractivity contribution in [3.8, 4) is 11.1 Å². The van der Waals surface area contributed by atoms with E-state index in [1.807, 2.05) is 18.5 Å². The average molecular weight is 221 g/mol. The SMILES string of the molecule is CCC1=Cc2c(cccc2-c2cccnc2)C1. The average Bonchev–Trinajstić information content (AvgIpc) is 2.82. The zero-order valence-corrected chi connectivity index (χ0v) is 9.98. The van der Waals surface area contributed by atoms with Gasteiger partial charge in [0.15, 0.2) is 0 Å². The summed E-state index contributed by atoms with van der Waals surface area (Å²) < 4.78 is 0. The molecular formula is C16H15N. The topological polar surface area (TPSA) is 12.9 Å². The zero-order chi connectivity index (χ0) is 11.7. The molecule has 1 aromatic heterocycles. The number of rotatable bonds is 2. The van der Waals surface area contributed by atoms with E-state index in [4.69, 9.17) is 0 Å². The minimum Gasteiger partial charge on any atom is -0.264 e. The molecule has 2 aromatic rings. The van der Waals surface area contributed by atoms with Gasteiger partial charge in [0, 0.05) is 18.0 Å². The molecule has 0 radical (unpaired) electrons. The summed E-state index contributed by atoms with van der Waals surface area (Å²) in [6.07, 6.45) is 8.35. The summed E-state index contributed by atoms with van der Waals surface area (Å²) in [4.78, 5) is 4.21. The Hall–Kier alpha value is -1.89. The van der Waals surface area contributed by atoms with Gasteiger partial charge in [-0.05, 0) is 35.6 Å². The molecule has 0 aliphatic heterocycles.